The van der Waals surface area contributed by atoms with Crippen LogP contribution in [0.1, 0.15) is 29.0 Å². The van der Waals surface area contributed by atoms with E-state index >= 15 is 0 Å². The number of fused-ring (bicyclic) bond motifs is 5. The highest BCUT2D eigenvalue weighted by Crippen LogP contribution is 2.54. The summed E-state index contributed by atoms with van der Waals surface area (Å²) < 4.78 is 11.5. The number of hydrogen-bond acceptors (Lipinski definition) is 6. The largest absolute Gasteiger partial charge is 0.460 e. The highest BCUT2D eigenvalue weighted by Gasteiger charge is 2.60. The Morgan fingerprint density at radius 2 is 1.67 bits per heavy atom. The van der Waals surface area contributed by atoms with E-state index in [0.717, 1.165) is 12.8 Å². The molecule has 1 saturated heterocycles. The van der Waals surface area contributed by atoms with Crippen molar-refractivity contribution in [3.8, 4) is 0 Å². The molecule has 3 unspecified atom stereocenters. The SMILES string of the molecule is O=C(OC1CC2C[C@@H](C1)[C@H]1OC21)C(O)(c1cccs1)c1cccs1. The lowest BCUT2D eigenvalue weighted by atomic mass is 9.85. The first kappa shape index (κ1) is 15.1. The third-order valence-corrected chi connectivity index (χ3v) is 7.51. The molecule has 2 saturated carbocycles. The number of ether oxygens (including phenoxy) is 2. The summed E-state index contributed by atoms with van der Waals surface area (Å²) in [4.78, 5) is 14.2. The topological polar surface area (TPSA) is 59.1 Å². The molecule has 3 heterocycles. The summed E-state index contributed by atoms with van der Waals surface area (Å²) in [5.41, 5.74) is -1.70. The van der Waals surface area contributed by atoms with Crippen LogP contribution >= 0.6 is 22.7 Å². The van der Waals surface area contributed by atoms with Crippen molar-refractivity contribution in [1.82, 2.24) is 0 Å². The van der Waals surface area contributed by atoms with Gasteiger partial charge in [0.25, 0.3) is 0 Å². The van der Waals surface area contributed by atoms with Crippen molar-refractivity contribution in [3.05, 3.63) is 44.8 Å². The Morgan fingerprint density at radius 1 is 1.08 bits per heavy atom. The minimum absolute atomic E-state index is 0.107. The van der Waals surface area contributed by atoms with Gasteiger partial charge in [0.05, 0.1) is 22.0 Å². The van der Waals surface area contributed by atoms with E-state index in [1.165, 1.54) is 29.1 Å². The number of carbonyl (C=O) groups excluding carboxylic acids is 1. The first-order valence-electron chi connectivity index (χ1n) is 8.33. The van der Waals surface area contributed by atoms with Crippen LogP contribution in [0.15, 0.2) is 35.0 Å². The number of esters is 1. The second kappa shape index (κ2) is 5.39. The van der Waals surface area contributed by atoms with E-state index in [-0.39, 0.29) is 6.10 Å². The molecule has 1 aliphatic heterocycles. The Balaban J connectivity index is 1.39. The van der Waals surface area contributed by atoms with E-state index in [2.05, 4.69) is 0 Å². The zero-order valence-corrected chi connectivity index (χ0v) is 14.6. The Hall–Kier alpha value is -1.21. The van der Waals surface area contributed by atoms with Gasteiger partial charge in [0, 0.05) is 0 Å². The second-order valence-electron chi connectivity index (χ2n) is 6.98. The maximum absolute atomic E-state index is 13.0. The van der Waals surface area contributed by atoms with Crippen LogP contribution in [0.25, 0.3) is 0 Å². The molecule has 2 bridgehead atoms. The van der Waals surface area contributed by atoms with Gasteiger partial charge in [-0.2, -0.15) is 0 Å². The van der Waals surface area contributed by atoms with Crippen LogP contribution in [-0.2, 0) is 19.9 Å². The maximum atomic E-state index is 13.0. The number of carbonyl (C=O) groups is 1. The standard InChI is InChI=1S/C18H18O4S2/c19-17(21-12-8-10-7-11(9-12)16-15(10)22-16)18(20,13-3-1-5-23-13)14-4-2-6-24-14/h1-6,10-12,15-16,20H,7-9H2/t10-,11?,12?,15+,16?/m0/s1. The molecule has 0 radical (unpaired) electrons. The summed E-state index contributed by atoms with van der Waals surface area (Å²) in [6, 6.07) is 7.27. The van der Waals surface area contributed by atoms with Crippen molar-refractivity contribution < 1.29 is 19.4 Å². The van der Waals surface area contributed by atoms with E-state index in [1.807, 2.05) is 22.9 Å². The average molecular weight is 362 g/mol. The molecule has 2 aliphatic carbocycles. The molecule has 0 amide bonds. The van der Waals surface area contributed by atoms with Crippen molar-refractivity contribution in [3.63, 3.8) is 0 Å². The molecule has 3 aliphatic rings. The molecule has 6 heteroatoms. The summed E-state index contributed by atoms with van der Waals surface area (Å²) in [5, 5.41) is 15.0. The van der Waals surface area contributed by atoms with E-state index in [4.69, 9.17) is 9.47 Å². The summed E-state index contributed by atoms with van der Waals surface area (Å²) in [5.74, 6) is 0.486. The third kappa shape index (κ3) is 2.20. The highest BCUT2D eigenvalue weighted by atomic mass is 32.1. The van der Waals surface area contributed by atoms with Crippen LogP contribution in [0, 0.1) is 11.8 Å². The van der Waals surface area contributed by atoms with Crippen molar-refractivity contribution in [2.45, 2.75) is 43.2 Å². The third-order valence-electron chi connectivity index (χ3n) is 5.55. The first-order chi connectivity index (χ1) is 11.7. The molecule has 4 nitrogen and oxygen atoms in total. The molecule has 126 valence electrons. The molecule has 5 rings (SSSR count). The van der Waals surface area contributed by atoms with Gasteiger partial charge in [-0.15, -0.1) is 22.7 Å². The number of thiophene rings is 2. The molecule has 2 aromatic rings. The Kier molecular flexibility index (Phi) is 3.39. The molecule has 0 spiro atoms. The molecule has 5 atom stereocenters. The Morgan fingerprint density at radius 3 is 2.17 bits per heavy atom. The average Bonchev–Trinajstić information content (AvgIpc) is 2.99. The van der Waals surface area contributed by atoms with Crippen molar-refractivity contribution >= 4 is 28.6 Å². The van der Waals surface area contributed by atoms with E-state index in [0.29, 0.717) is 33.8 Å². The smallest absolute Gasteiger partial charge is 0.349 e. The predicted molar refractivity (Wildman–Crippen MR) is 91.0 cm³/mol. The Bertz CT molecular complexity index is 689. The fourth-order valence-corrected chi connectivity index (χ4v) is 6.12. The Labute approximate surface area is 148 Å². The number of aliphatic hydroxyl groups is 1. The molecular weight excluding hydrogens is 344 g/mol. The summed E-state index contributed by atoms with van der Waals surface area (Å²) in [6.07, 6.45) is 3.59. The fourth-order valence-electron chi connectivity index (χ4n) is 4.41. The van der Waals surface area contributed by atoms with E-state index in [9.17, 15) is 9.90 Å². The van der Waals surface area contributed by atoms with Gasteiger partial charge in [0.15, 0.2) is 0 Å². The first-order valence-corrected chi connectivity index (χ1v) is 10.1. The summed E-state index contributed by atoms with van der Waals surface area (Å²) >= 11 is 2.75. The van der Waals surface area contributed by atoms with Gasteiger partial charge in [-0.3, -0.25) is 0 Å². The summed E-state index contributed by atoms with van der Waals surface area (Å²) in [6.45, 7) is 0. The van der Waals surface area contributed by atoms with Gasteiger partial charge in [-0.05, 0) is 54.0 Å². The van der Waals surface area contributed by atoms with Gasteiger partial charge < -0.3 is 14.6 Å². The molecule has 24 heavy (non-hydrogen) atoms. The van der Waals surface area contributed by atoms with Gasteiger partial charge in [-0.25, -0.2) is 4.79 Å². The molecule has 1 N–H and O–H groups in total. The van der Waals surface area contributed by atoms with Crippen LogP contribution in [0.4, 0.5) is 0 Å². The lowest BCUT2D eigenvalue weighted by molar-refractivity contribution is -0.170. The normalized spacial score (nSPS) is 34.0. The molecular formula is C18H18O4S2. The van der Waals surface area contributed by atoms with E-state index < -0.39 is 11.6 Å². The lowest BCUT2D eigenvalue weighted by Crippen LogP contribution is -2.40. The van der Waals surface area contributed by atoms with Crippen molar-refractivity contribution in [2.24, 2.45) is 11.8 Å². The quantitative estimate of drug-likeness (QED) is 0.670. The van der Waals surface area contributed by atoms with E-state index in [1.54, 1.807) is 12.1 Å². The minimum Gasteiger partial charge on any atom is -0.460 e. The maximum Gasteiger partial charge on any atom is 0.349 e. The minimum atomic E-state index is -1.70. The van der Waals surface area contributed by atoms with Gasteiger partial charge in [0.1, 0.15) is 6.10 Å². The zero-order chi connectivity index (χ0) is 16.3. The van der Waals surface area contributed by atoms with Crippen LogP contribution in [-0.4, -0.2) is 29.4 Å². The van der Waals surface area contributed by atoms with Crippen LogP contribution in [0.3, 0.4) is 0 Å². The van der Waals surface area contributed by atoms with Crippen molar-refractivity contribution in [1.29, 1.82) is 0 Å². The monoisotopic (exact) mass is 362 g/mol. The number of hydrogen-bond donors (Lipinski definition) is 1. The predicted octanol–water partition coefficient (Wildman–Crippen LogP) is 3.15. The van der Waals surface area contributed by atoms with Gasteiger partial charge >= 0.3 is 5.97 Å². The van der Waals surface area contributed by atoms with Crippen LogP contribution in [0.2, 0.25) is 0 Å². The fraction of sp³-hybridized carbons (Fsp3) is 0.500. The molecule has 0 aromatic carbocycles. The van der Waals surface area contributed by atoms with Gasteiger partial charge in [-0.1, -0.05) is 12.1 Å². The van der Waals surface area contributed by atoms with Gasteiger partial charge in [0.2, 0.25) is 5.60 Å². The number of rotatable bonds is 4. The molecule has 2 aromatic heterocycles. The lowest BCUT2D eigenvalue weighted by Gasteiger charge is -2.32. The zero-order valence-electron chi connectivity index (χ0n) is 13.0. The van der Waals surface area contributed by atoms with Crippen LogP contribution < -0.4 is 0 Å². The number of epoxide rings is 1. The van der Waals surface area contributed by atoms with Crippen LogP contribution in [0.5, 0.6) is 0 Å². The highest BCUT2D eigenvalue weighted by molar-refractivity contribution is 7.12. The van der Waals surface area contributed by atoms with Crippen molar-refractivity contribution in [2.75, 3.05) is 0 Å². The second-order valence-corrected chi connectivity index (χ2v) is 8.88. The molecule has 3 fully saturated rings. The summed E-state index contributed by atoms with van der Waals surface area (Å²) in [7, 11) is 0.